The molecule has 1 aromatic carbocycles. The van der Waals surface area contributed by atoms with Crippen LogP contribution in [0.1, 0.15) is 25.1 Å². The lowest BCUT2D eigenvalue weighted by atomic mass is 10.2. The summed E-state index contributed by atoms with van der Waals surface area (Å²) in [6, 6.07) is 5.98. The van der Waals surface area contributed by atoms with Gasteiger partial charge >= 0.3 is 5.97 Å². The van der Waals surface area contributed by atoms with Gasteiger partial charge in [-0.3, -0.25) is 4.79 Å². The highest BCUT2D eigenvalue weighted by atomic mass is 16.4. The van der Waals surface area contributed by atoms with Crippen LogP contribution in [-0.4, -0.2) is 27.6 Å². The average Bonchev–Trinajstić information content (AvgIpc) is 2.67. The van der Waals surface area contributed by atoms with Gasteiger partial charge in [0.15, 0.2) is 0 Å². The number of hydrogen-bond donors (Lipinski definition) is 3. The van der Waals surface area contributed by atoms with Crippen LogP contribution in [0.2, 0.25) is 0 Å². The minimum Gasteiger partial charge on any atom is -0.481 e. The summed E-state index contributed by atoms with van der Waals surface area (Å²) in [5, 5.41) is 11.8. The Morgan fingerprint density at radius 2 is 2.28 bits per heavy atom. The van der Waals surface area contributed by atoms with Gasteiger partial charge in [-0.1, -0.05) is 0 Å². The number of carbonyl (C=O) groups is 1. The number of benzene rings is 1. The second-order valence-electron chi connectivity index (χ2n) is 4.33. The van der Waals surface area contributed by atoms with Crippen LogP contribution < -0.4 is 5.32 Å². The quantitative estimate of drug-likeness (QED) is 0.685. The molecule has 96 valence electrons. The number of unbranched alkanes of at least 4 members (excludes halogenated alkanes) is 1. The van der Waals surface area contributed by atoms with E-state index in [-0.39, 0.29) is 6.42 Å². The lowest BCUT2D eigenvalue weighted by Crippen LogP contribution is -2.03. The third-order valence-corrected chi connectivity index (χ3v) is 2.75. The topological polar surface area (TPSA) is 78.0 Å². The first kappa shape index (κ1) is 12.4. The predicted molar refractivity (Wildman–Crippen MR) is 70.8 cm³/mol. The number of H-pyrrole nitrogens is 1. The number of aromatic amines is 1. The smallest absolute Gasteiger partial charge is 0.303 e. The zero-order valence-electron chi connectivity index (χ0n) is 10.4. The molecule has 0 radical (unpaired) electrons. The van der Waals surface area contributed by atoms with Crippen LogP contribution in [-0.2, 0) is 4.79 Å². The summed E-state index contributed by atoms with van der Waals surface area (Å²) in [6.45, 7) is 2.71. The zero-order valence-corrected chi connectivity index (χ0v) is 10.4. The Morgan fingerprint density at radius 1 is 1.44 bits per heavy atom. The molecule has 2 aromatic rings. The Bertz CT molecular complexity index is 548. The molecule has 0 aliphatic carbocycles. The molecule has 0 spiro atoms. The third-order valence-electron chi connectivity index (χ3n) is 2.75. The molecule has 0 aliphatic rings. The van der Waals surface area contributed by atoms with Crippen molar-refractivity contribution in [2.45, 2.75) is 26.2 Å². The summed E-state index contributed by atoms with van der Waals surface area (Å²) < 4.78 is 0. The molecule has 1 heterocycles. The van der Waals surface area contributed by atoms with Crippen LogP contribution in [0.5, 0.6) is 0 Å². The monoisotopic (exact) mass is 247 g/mol. The third kappa shape index (κ3) is 3.23. The van der Waals surface area contributed by atoms with E-state index >= 15 is 0 Å². The van der Waals surface area contributed by atoms with Gasteiger partial charge in [0.1, 0.15) is 5.82 Å². The van der Waals surface area contributed by atoms with Gasteiger partial charge in [-0.2, -0.15) is 0 Å². The van der Waals surface area contributed by atoms with E-state index in [0.29, 0.717) is 6.42 Å². The second-order valence-corrected chi connectivity index (χ2v) is 4.33. The summed E-state index contributed by atoms with van der Waals surface area (Å²) >= 11 is 0. The molecule has 5 nitrogen and oxygen atoms in total. The van der Waals surface area contributed by atoms with Crippen molar-refractivity contribution < 1.29 is 9.90 Å². The van der Waals surface area contributed by atoms with E-state index in [2.05, 4.69) is 15.3 Å². The van der Waals surface area contributed by atoms with Gasteiger partial charge in [0.25, 0.3) is 0 Å². The summed E-state index contributed by atoms with van der Waals surface area (Å²) in [6.07, 6.45) is 1.79. The number of aliphatic carboxylic acids is 1. The lowest BCUT2D eigenvalue weighted by Gasteiger charge is -2.05. The Balaban J connectivity index is 1.86. The number of anilines is 1. The second kappa shape index (κ2) is 5.53. The van der Waals surface area contributed by atoms with Crippen LogP contribution in [0.3, 0.4) is 0 Å². The molecule has 0 saturated heterocycles. The van der Waals surface area contributed by atoms with E-state index in [1.165, 1.54) is 0 Å². The minimum atomic E-state index is -0.732. The van der Waals surface area contributed by atoms with E-state index in [1.807, 2.05) is 25.1 Å². The van der Waals surface area contributed by atoms with Crippen LogP contribution in [0.25, 0.3) is 11.0 Å². The summed E-state index contributed by atoms with van der Waals surface area (Å²) in [5.74, 6) is 0.174. The molecule has 2 rings (SSSR count). The van der Waals surface area contributed by atoms with Crippen molar-refractivity contribution in [3.05, 3.63) is 24.0 Å². The number of carboxylic acid groups (broad SMARTS) is 1. The van der Waals surface area contributed by atoms with Crippen molar-refractivity contribution in [3.63, 3.8) is 0 Å². The van der Waals surface area contributed by atoms with Crippen LogP contribution in [0.4, 0.5) is 5.69 Å². The molecule has 5 heteroatoms. The molecule has 0 amide bonds. The molecule has 3 N–H and O–H groups in total. The van der Waals surface area contributed by atoms with Gasteiger partial charge in [0.05, 0.1) is 11.0 Å². The summed E-state index contributed by atoms with van der Waals surface area (Å²) in [4.78, 5) is 17.9. The molecule has 18 heavy (non-hydrogen) atoms. The van der Waals surface area contributed by atoms with Gasteiger partial charge in [-0.15, -0.1) is 0 Å². The van der Waals surface area contributed by atoms with Gasteiger partial charge in [0.2, 0.25) is 0 Å². The molecule has 0 saturated carbocycles. The number of aryl methyl sites for hydroxylation is 1. The predicted octanol–water partition coefficient (Wildman–Crippen LogP) is 2.54. The number of hydrogen-bond acceptors (Lipinski definition) is 3. The molecule has 0 unspecified atom stereocenters. The van der Waals surface area contributed by atoms with Crippen molar-refractivity contribution in [2.24, 2.45) is 0 Å². The van der Waals surface area contributed by atoms with Crippen LogP contribution in [0.15, 0.2) is 18.2 Å². The highest BCUT2D eigenvalue weighted by molar-refractivity contribution is 5.79. The number of fused-ring (bicyclic) bond motifs is 1. The summed E-state index contributed by atoms with van der Waals surface area (Å²) in [5.41, 5.74) is 3.01. The molecule has 1 aromatic heterocycles. The Kier molecular flexibility index (Phi) is 3.82. The number of nitrogens with one attached hydrogen (secondary N) is 2. The van der Waals surface area contributed by atoms with Crippen molar-refractivity contribution >= 4 is 22.7 Å². The summed E-state index contributed by atoms with van der Waals surface area (Å²) in [7, 11) is 0. The maximum Gasteiger partial charge on any atom is 0.303 e. The maximum atomic E-state index is 10.3. The number of rotatable bonds is 6. The first-order valence-electron chi connectivity index (χ1n) is 6.07. The normalized spacial score (nSPS) is 10.7. The number of nitrogens with zero attached hydrogens (tertiary/aromatic N) is 1. The average molecular weight is 247 g/mol. The number of aromatic nitrogens is 2. The van der Waals surface area contributed by atoms with Crippen LogP contribution in [0, 0.1) is 6.92 Å². The fourth-order valence-electron chi connectivity index (χ4n) is 1.88. The Hall–Kier alpha value is -2.04. The first-order valence-corrected chi connectivity index (χ1v) is 6.07. The first-order chi connectivity index (χ1) is 8.65. The van der Waals surface area contributed by atoms with Gasteiger partial charge < -0.3 is 15.4 Å². The van der Waals surface area contributed by atoms with Crippen LogP contribution >= 0.6 is 0 Å². The SMILES string of the molecule is Cc1nc2ccc(NCCCCC(=O)O)cc2[nH]1. The molecule has 0 bridgehead atoms. The van der Waals surface area contributed by atoms with E-state index < -0.39 is 5.97 Å². The lowest BCUT2D eigenvalue weighted by molar-refractivity contribution is -0.137. The highest BCUT2D eigenvalue weighted by Crippen LogP contribution is 2.17. The largest absolute Gasteiger partial charge is 0.481 e. The highest BCUT2D eigenvalue weighted by Gasteiger charge is 2.01. The van der Waals surface area contributed by atoms with Crippen molar-refractivity contribution in [1.29, 1.82) is 0 Å². The van der Waals surface area contributed by atoms with E-state index in [9.17, 15) is 4.79 Å². The zero-order chi connectivity index (χ0) is 13.0. The van der Waals surface area contributed by atoms with E-state index in [0.717, 1.165) is 35.5 Å². The van der Waals surface area contributed by atoms with Gasteiger partial charge in [-0.25, -0.2) is 4.98 Å². The molecule has 0 fully saturated rings. The fourth-order valence-corrected chi connectivity index (χ4v) is 1.88. The molecular formula is C13H17N3O2. The number of carboxylic acids is 1. The van der Waals surface area contributed by atoms with Crippen molar-refractivity contribution in [2.75, 3.05) is 11.9 Å². The van der Waals surface area contributed by atoms with Crippen molar-refractivity contribution in [3.8, 4) is 0 Å². The Labute approximate surface area is 105 Å². The van der Waals surface area contributed by atoms with Crippen molar-refractivity contribution in [1.82, 2.24) is 9.97 Å². The molecular weight excluding hydrogens is 230 g/mol. The minimum absolute atomic E-state index is 0.237. The maximum absolute atomic E-state index is 10.3. The number of imidazole rings is 1. The molecule has 0 aliphatic heterocycles. The van der Waals surface area contributed by atoms with Gasteiger partial charge in [0, 0.05) is 18.7 Å². The van der Waals surface area contributed by atoms with E-state index in [4.69, 9.17) is 5.11 Å². The fraction of sp³-hybridized carbons (Fsp3) is 0.385. The van der Waals surface area contributed by atoms with Gasteiger partial charge in [-0.05, 0) is 38.0 Å². The molecule has 0 atom stereocenters. The Morgan fingerprint density at radius 3 is 3.06 bits per heavy atom. The van der Waals surface area contributed by atoms with E-state index in [1.54, 1.807) is 0 Å². The standard InChI is InChI=1S/C13H17N3O2/c1-9-15-11-6-5-10(8-12(11)16-9)14-7-3-2-4-13(17)18/h5-6,8,14H,2-4,7H2,1H3,(H,15,16)(H,17,18).